The molecule has 2 rings (SSSR count). The first-order valence-corrected chi connectivity index (χ1v) is 12.4. The fourth-order valence-corrected chi connectivity index (χ4v) is 6.35. The van der Waals surface area contributed by atoms with E-state index in [0.717, 1.165) is 19.3 Å². The third kappa shape index (κ3) is 3.08. The minimum Gasteiger partial charge on any atom is -0.413 e. The van der Waals surface area contributed by atoms with E-state index in [2.05, 4.69) is 61.6 Å². The highest BCUT2D eigenvalue weighted by Gasteiger charge is 2.58. The number of hydrogen-bond donors (Lipinski definition) is 0. The molecule has 23 heavy (non-hydrogen) atoms. The summed E-state index contributed by atoms with van der Waals surface area (Å²) < 4.78 is 6.84. The number of carbonyl (C=O) groups is 1. The molecule has 0 amide bonds. The fourth-order valence-electron chi connectivity index (χ4n) is 4.86. The fraction of sp³-hybridized carbons (Fsp3) is 0.950. The van der Waals surface area contributed by atoms with Gasteiger partial charge >= 0.3 is 0 Å². The van der Waals surface area contributed by atoms with Gasteiger partial charge < -0.3 is 4.43 Å². The van der Waals surface area contributed by atoms with E-state index in [0.29, 0.717) is 17.8 Å². The van der Waals surface area contributed by atoms with Gasteiger partial charge in [0.2, 0.25) is 0 Å². The van der Waals surface area contributed by atoms with Crippen LogP contribution >= 0.6 is 0 Å². The van der Waals surface area contributed by atoms with Crippen molar-refractivity contribution in [2.45, 2.75) is 98.4 Å². The first-order chi connectivity index (χ1) is 10.2. The van der Waals surface area contributed by atoms with E-state index in [-0.39, 0.29) is 21.8 Å². The standard InChI is InChI=1S/C20H38O2Si/c1-14-10-11-15-19(5,6)16(12-13-20(15,7)17(14)21)22-23(8,9)18(2,3)4/h14-16H,10-13H2,1-9H3/t14-,15?,16-,20+/m1/s1. The molecule has 0 aromatic heterocycles. The number of carbonyl (C=O) groups excluding carboxylic acids is 1. The van der Waals surface area contributed by atoms with Crippen molar-refractivity contribution in [3.05, 3.63) is 0 Å². The third-order valence-electron chi connectivity index (χ3n) is 7.56. The zero-order chi connectivity index (χ0) is 17.8. The molecule has 0 heterocycles. The summed E-state index contributed by atoms with van der Waals surface area (Å²) in [6.07, 6.45) is 4.56. The van der Waals surface area contributed by atoms with E-state index >= 15 is 0 Å². The van der Waals surface area contributed by atoms with Gasteiger partial charge in [0.15, 0.2) is 8.32 Å². The normalized spacial score (nSPS) is 38.3. The smallest absolute Gasteiger partial charge is 0.192 e. The summed E-state index contributed by atoms with van der Waals surface area (Å²) in [6.45, 7) is 20.7. The lowest BCUT2D eigenvalue weighted by Crippen LogP contribution is -2.59. The zero-order valence-corrected chi connectivity index (χ0v) is 17.9. The van der Waals surface area contributed by atoms with Crippen LogP contribution < -0.4 is 0 Å². The molecule has 0 aromatic carbocycles. The van der Waals surface area contributed by atoms with Crippen LogP contribution in [0.3, 0.4) is 0 Å². The van der Waals surface area contributed by atoms with Crippen molar-refractivity contribution in [1.82, 2.24) is 0 Å². The second kappa shape index (κ2) is 5.69. The van der Waals surface area contributed by atoms with Gasteiger partial charge in [-0.1, -0.05) is 48.5 Å². The number of hydrogen-bond acceptors (Lipinski definition) is 2. The molecule has 0 bridgehead atoms. The summed E-state index contributed by atoms with van der Waals surface area (Å²) in [6, 6.07) is 0. The van der Waals surface area contributed by atoms with Crippen LogP contribution in [0.5, 0.6) is 0 Å². The highest BCUT2D eigenvalue weighted by Crippen LogP contribution is 2.58. The lowest BCUT2D eigenvalue weighted by molar-refractivity contribution is -0.158. The Balaban J connectivity index is 2.27. The quantitative estimate of drug-likeness (QED) is 0.593. The average Bonchev–Trinajstić information content (AvgIpc) is 2.38. The molecule has 2 saturated carbocycles. The van der Waals surface area contributed by atoms with Crippen molar-refractivity contribution in [2.24, 2.45) is 22.7 Å². The van der Waals surface area contributed by atoms with Gasteiger partial charge in [-0.05, 0) is 55.1 Å². The van der Waals surface area contributed by atoms with Gasteiger partial charge in [0.05, 0.1) is 6.10 Å². The van der Waals surface area contributed by atoms with Crippen LogP contribution in [-0.2, 0) is 9.22 Å². The van der Waals surface area contributed by atoms with Gasteiger partial charge in [-0.25, -0.2) is 0 Å². The minimum absolute atomic E-state index is 0.0817. The molecule has 0 spiro atoms. The topological polar surface area (TPSA) is 26.3 Å². The van der Waals surface area contributed by atoms with E-state index < -0.39 is 8.32 Å². The van der Waals surface area contributed by atoms with E-state index in [1.165, 1.54) is 6.42 Å². The van der Waals surface area contributed by atoms with Gasteiger partial charge in [-0.15, -0.1) is 0 Å². The maximum Gasteiger partial charge on any atom is 0.192 e. The van der Waals surface area contributed by atoms with Crippen molar-refractivity contribution < 1.29 is 9.22 Å². The number of fused-ring (bicyclic) bond motifs is 1. The minimum atomic E-state index is -1.78. The molecule has 0 aromatic rings. The van der Waals surface area contributed by atoms with Crippen LogP contribution in [0.1, 0.15) is 74.1 Å². The molecule has 0 radical (unpaired) electrons. The van der Waals surface area contributed by atoms with Crippen molar-refractivity contribution in [3.63, 3.8) is 0 Å². The molecular weight excluding hydrogens is 300 g/mol. The van der Waals surface area contributed by atoms with Gasteiger partial charge in [-0.3, -0.25) is 4.79 Å². The Morgan fingerprint density at radius 3 is 2.17 bits per heavy atom. The Hall–Kier alpha value is -0.153. The van der Waals surface area contributed by atoms with Crippen molar-refractivity contribution in [3.8, 4) is 0 Å². The van der Waals surface area contributed by atoms with Crippen LogP contribution in [0.2, 0.25) is 18.1 Å². The third-order valence-corrected chi connectivity index (χ3v) is 12.1. The number of rotatable bonds is 2. The number of Topliss-reactive ketones (excluding diaryl/α,β-unsaturated/α-hetero) is 1. The molecule has 2 aliphatic rings. The van der Waals surface area contributed by atoms with Crippen molar-refractivity contribution in [1.29, 1.82) is 0 Å². The molecule has 1 unspecified atom stereocenters. The van der Waals surface area contributed by atoms with Crippen LogP contribution in [0.4, 0.5) is 0 Å². The number of ketones is 1. The largest absolute Gasteiger partial charge is 0.413 e. The monoisotopic (exact) mass is 338 g/mol. The van der Waals surface area contributed by atoms with Gasteiger partial charge in [0.1, 0.15) is 5.78 Å². The molecule has 2 fully saturated rings. The van der Waals surface area contributed by atoms with Crippen LogP contribution in [0, 0.1) is 22.7 Å². The predicted molar refractivity (Wildman–Crippen MR) is 100 cm³/mol. The van der Waals surface area contributed by atoms with Crippen molar-refractivity contribution >= 4 is 14.1 Å². The second-order valence-electron chi connectivity index (χ2n) is 10.5. The molecule has 4 atom stereocenters. The Kier molecular flexibility index (Phi) is 4.74. The molecule has 0 saturated heterocycles. The first-order valence-electron chi connectivity index (χ1n) is 9.45. The summed E-state index contributed by atoms with van der Waals surface area (Å²) in [4.78, 5) is 12.9. The van der Waals surface area contributed by atoms with Crippen LogP contribution in [-0.4, -0.2) is 20.2 Å². The van der Waals surface area contributed by atoms with Crippen molar-refractivity contribution in [2.75, 3.05) is 0 Å². The molecule has 0 aliphatic heterocycles. The maximum atomic E-state index is 12.9. The van der Waals surface area contributed by atoms with Gasteiger partial charge in [-0.2, -0.15) is 0 Å². The molecule has 0 N–H and O–H groups in total. The Morgan fingerprint density at radius 2 is 1.65 bits per heavy atom. The summed E-state index contributed by atoms with van der Waals surface area (Å²) in [7, 11) is -1.78. The van der Waals surface area contributed by atoms with E-state index in [1.807, 2.05) is 0 Å². The predicted octanol–water partition coefficient (Wildman–Crippen LogP) is 5.82. The Morgan fingerprint density at radius 1 is 1.09 bits per heavy atom. The molecule has 3 heteroatoms. The first kappa shape index (κ1) is 19.2. The van der Waals surface area contributed by atoms with E-state index in [4.69, 9.17) is 4.43 Å². The summed E-state index contributed by atoms with van der Waals surface area (Å²) in [5, 5.41) is 0.237. The van der Waals surface area contributed by atoms with E-state index in [1.54, 1.807) is 0 Å². The zero-order valence-electron chi connectivity index (χ0n) is 16.9. The summed E-state index contributed by atoms with van der Waals surface area (Å²) in [5.74, 6) is 1.21. The summed E-state index contributed by atoms with van der Waals surface area (Å²) in [5.41, 5.74) is -0.0488. The van der Waals surface area contributed by atoms with Crippen LogP contribution in [0.25, 0.3) is 0 Å². The Bertz CT molecular complexity index is 475. The van der Waals surface area contributed by atoms with Gasteiger partial charge in [0, 0.05) is 11.3 Å². The van der Waals surface area contributed by atoms with E-state index in [9.17, 15) is 4.79 Å². The average molecular weight is 339 g/mol. The van der Waals surface area contributed by atoms with Gasteiger partial charge in [0.25, 0.3) is 0 Å². The van der Waals surface area contributed by atoms with Crippen LogP contribution in [0.15, 0.2) is 0 Å². The molecular formula is C20H38O2Si. The summed E-state index contributed by atoms with van der Waals surface area (Å²) >= 11 is 0. The lowest BCUT2D eigenvalue weighted by Gasteiger charge is -2.58. The SMILES string of the molecule is C[C@@H]1CCC2C(C)(C)[C@H](O[Si](C)(C)C(C)(C)C)CC[C@]2(C)C1=O. The molecule has 2 aliphatic carbocycles. The highest BCUT2D eigenvalue weighted by atomic mass is 28.4. The maximum absolute atomic E-state index is 12.9. The highest BCUT2D eigenvalue weighted by molar-refractivity contribution is 6.74. The Labute approximate surface area is 144 Å². The lowest BCUT2D eigenvalue weighted by atomic mass is 9.49. The molecule has 134 valence electrons. The molecule has 2 nitrogen and oxygen atoms in total. The second-order valence-corrected chi connectivity index (χ2v) is 15.3.